The number of anilines is 3. The van der Waals surface area contributed by atoms with E-state index >= 15 is 0 Å². The fourth-order valence-corrected chi connectivity index (χ4v) is 2.65. The molecule has 4 nitrogen and oxygen atoms in total. The zero-order chi connectivity index (χ0) is 18.0. The maximum absolute atomic E-state index is 14.0. The van der Waals surface area contributed by atoms with Gasteiger partial charge in [-0.3, -0.25) is 4.98 Å². The molecule has 0 saturated carbocycles. The van der Waals surface area contributed by atoms with Crippen LogP contribution in [0.3, 0.4) is 0 Å². The van der Waals surface area contributed by atoms with Gasteiger partial charge in [0.1, 0.15) is 5.82 Å². The number of hydrogen-bond donors (Lipinski definition) is 2. The van der Waals surface area contributed by atoms with Crippen molar-refractivity contribution in [1.29, 1.82) is 0 Å². The lowest BCUT2D eigenvalue weighted by Crippen LogP contribution is -2.02. The summed E-state index contributed by atoms with van der Waals surface area (Å²) in [4.78, 5) is 7.76. The Morgan fingerprint density at radius 2 is 1.84 bits per heavy atom. The number of halogens is 4. The molecular formula is C17H12Cl2F2N4. The van der Waals surface area contributed by atoms with Crippen molar-refractivity contribution in [2.75, 3.05) is 11.1 Å². The number of pyridine rings is 2. The molecule has 3 rings (SSSR count). The standard InChI is InChI=1S/C17H12Cl2F2N4/c18-11-1-2-13(12(20)6-11)25-14-8-23-7-10(15(14)19)5-9-3-4-24-17(22)16(9)21/h1-4,6-8,25H,5H2,(H2,22,24). The zero-order valence-electron chi connectivity index (χ0n) is 12.7. The van der Waals surface area contributed by atoms with Crippen molar-refractivity contribution in [2.24, 2.45) is 0 Å². The van der Waals surface area contributed by atoms with E-state index in [9.17, 15) is 8.78 Å². The van der Waals surface area contributed by atoms with Crippen molar-refractivity contribution >= 4 is 40.4 Å². The van der Waals surface area contributed by atoms with E-state index in [0.717, 1.165) is 0 Å². The van der Waals surface area contributed by atoms with Gasteiger partial charge in [0.05, 0.1) is 22.6 Å². The number of nitrogens with one attached hydrogen (secondary N) is 1. The summed E-state index contributed by atoms with van der Waals surface area (Å²) >= 11 is 12.1. The molecule has 8 heteroatoms. The topological polar surface area (TPSA) is 63.8 Å². The van der Waals surface area contributed by atoms with Crippen LogP contribution in [0.5, 0.6) is 0 Å². The van der Waals surface area contributed by atoms with E-state index in [1.807, 2.05) is 0 Å². The van der Waals surface area contributed by atoms with Crippen molar-refractivity contribution in [3.63, 3.8) is 0 Å². The molecule has 0 saturated heterocycles. The average molecular weight is 381 g/mol. The van der Waals surface area contributed by atoms with Crippen LogP contribution in [0.15, 0.2) is 42.9 Å². The number of nitrogen functional groups attached to an aromatic ring is 1. The third-order valence-electron chi connectivity index (χ3n) is 3.53. The molecule has 0 aliphatic heterocycles. The SMILES string of the molecule is Nc1nccc(Cc2cncc(Nc3ccc(Cl)cc3F)c2Cl)c1F. The second-order valence-corrected chi connectivity index (χ2v) is 6.07. The molecule has 0 radical (unpaired) electrons. The molecule has 2 aromatic heterocycles. The summed E-state index contributed by atoms with van der Waals surface area (Å²) < 4.78 is 28.0. The molecule has 1 aromatic carbocycles. The summed E-state index contributed by atoms with van der Waals surface area (Å²) in [5.74, 6) is -1.30. The van der Waals surface area contributed by atoms with Gasteiger partial charge in [-0.15, -0.1) is 0 Å². The summed E-state index contributed by atoms with van der Waals surface area (Å²) in [6.45, 7) is 0. The van der Waals surface area contributed by atoms with E-state index in [2.05, 4.69) is 15.3 Å². The third-order valence-corrected chi connectivity index (χ3v) is 4.21. The van der Waals surface area contributed by atoms with Crippen LogP contribution in [0.1, 0.15) is 11.1 Å². The number of nitrogens with zero attached hydrogens (tertiary/aromatic N) is 2. The summed E-state index contributed by atoms with van der Waals surface area (Å²) in [5.41, 5.74) is 6.96. The molecule has 128 valence electrons. The minimum Gasteiger partial charge on any atom is -0.381 e. The molecule has 3 N–H and O–H groups in total. The Morgan fingerprint density at radius 1 is 1.04 bits per heavy atom. The van der Waals surface area contributed by atoms with Gasteiger partial charge in [0.15, 0.2) is 11.6 Å². The molecule has 0 fully saturated rings. The van der Waals surface area contributed by atoms with E-state index in [4.69, 9.17) is 28.9 Å². The Labute approximate surface area is 152 Å². The van der Waals surface area contributed by atoms with Gasteiger partial charge in [-0.25, -0.2) is 13.8 Å². The maximum Gasteiger partial charge on any atom is 0.168 e. The van der Waals surface area contributed by atoms with Crippen molar-refractivity contribution in [3.8, 4) is 0 Å². The van der Waals surface area contributed by atoms with Gasteiger partial charge < -0.3 is 11.1 Å². The average Bonchev–Trinajstić information content (AvgIpc) is 2.57. The Hall–Kier alpha value is -2.44. The largest absolute Gasteiger partial charge is 0.381 e. The highest BCUT2D eigenvalue weighted by Gasteiger charge is 2.13. The summed E-state index contributed by atoms with van der Waals surface area (Å²) in [6, 6.07) is 5.74. The van der Waals surface area contributed by atoms with Gasteiger partial charge in [-0.2, -0.15) is 0 Å². The second-order valence-electron chi connectivity index (χ2n) is 5.26. The van der Waals surface area contributed by atoms with Crippen LogP contribution in [0.25, 0.3) is 0 Å². The van der Waals surface area contributed by atoms with Crippen LogP contribution in [-0.2, 0) is 6.42 Å². The Balaban J connectivity index is 1.91. The van der Waals surface area contributed by atoms with Crippen LogP contribution >= 0.6 is 23.2 Å². The lowest BCUT2D eigenvalue weighted by molar-refractivity contribution is 0.613. The van der Waals surface area contributed by atoms with Crippen LogP contribution in [-0.4, -0.2) is 9.97 Å². The Kier molecular flexibility index (Phi) is 5.01. The van der Waals surface area contributed by atoms with Gasteiger partial charge in [-0.1, -0.05) is 23.2 Å². The lowest BCUT2D eigenvalue weighted by atomic mass is 10.1. The molecular weight excluding hydrogens is 369 g/mol. The molecule has 3 aromatic rings. The fourth-order valence-electron chi connectivity index (χ4n) is 2.28. The monoisotopic (exact) mass is 380 g/mol. The van der Waals surface area contributed by atoms with Gasteiger partial charge in [-0.05, 0) is 35.4 Å². The van der Waals surface area contributed by atoms with E-state index < -0.39 is 11.6 Å². The minimum atomic E-state index is -0.597. The van der Waals surface area contributed by atoms with Crippen molar-refractivity contribution in [3.05, 3.63) is 75.7 Å². The molecule has 2 heterocycles. The molecule has 0 amide bonds. The minimum absolute atomic E-state index is 0.170. The highest BCUT2D eigenvalue weighted by atomic mass is 35.5. The first-order valence-electron chi connectivity index (χ1n) is 7.19. The molecule has 0 bridgehead atoms. The predicted octanol–water partition coefficient (Wildman–Crippen LogP) is 4.98. The highest BCUT2D eigenvalue weighted by molar-refractivity contribution is 6.34. The molecule has 0 atom stereocenters. The first kappa shape index (κ1) is 17.4. The second kappa shape index (κ2) is 7.21. The molecule has 0 unspecified atom stereocenters. The first-order chi connectivity index (χ1) is 12.0. The lowest BCUT2D eigenvalue weighted by Gasteiger charge is -2.12. The van der Waals surface area contributed by atoms with Crippen LogP contribution in [0.2, 0.25) is 10.0 Å². The quantitative estimate of drug-likeness (QED) is 0.669. The number of nitrogens with two attached hydrogens (primary N) is 1. The fraction of sp³-hybridized carbons (Fsp3) is 0.0588. The number of hydrogen-bond acceptors (Lipinski definition) is 4. The Morgan fingerprint density at radius 3 is 2.60 bits per heavy atom. The van der Waals surface area contributed by atoms with Gasteiger partial charge in [0, 0.05) is 23.8 Å². The van der Waals surface area contributed by atoms with Crippen LogP contribution < -0.4 is 11.1 Å². The van der Waals surface area contributed by atoms with Gasteiger partial charge >= 0.3 is 0 Å². The molecule has 0 aliphatic rings. The normalized spacial score (nSPS) is 10.7. The number of rotatable bonds is 4. The molecule has 0 spiro atoms. The van der Waals surface area contributed by atoms with E-state index in [1.165, 1.54) is 36.8 Å². The summed E-state index contributed by atoms with van der Waals surface area (Å²) in [6.07, 6.45) is 4.56. The van der Waals surface area contributed by atoms with E-state index in [-0.39, 0.29) is 22.9 Å². The van der Waals surface area contributed by atoms with Crippen molar-refractivity contribution in [1.82, 2.24) is 9.97 Å². The Bertz CT molecular complexity index is 935. The van der Waals surface area contributed by atoms with Crippen molar-refractivity contribution < 1.29 is 8.78 Å². The maximum atomic E-state index is 14.0. The van der Waals surface area contributed by atoms with Gasteiger partial charge in [0.2, 0.25) is 0 Å². The molecule has 0 aliphatic carbocycles. The zero-order valence-corrected chi connectivity index (χ0v) is 14.2. The van der Waals surface area contributed by atoms with Gasteiger partial charge in [0.25, 0.3) is 0 Å². The summed E-state index contributed by atoms with van der Waals surface area (Å²) in [5, 5.41) is 3.45. The van der Waals surface area contributed by atoms with Crippen molar-refractivity contribution in [2.45, 2.75) is 6.42 Å². The smallest absolute Gasteiger partial charge is 0.168 e. The van der Waals surface area contributed by atoms with Crippen LogP contribution in [0.4, 0.5) is 26.0 Å². The van der Waals surface area contributed by atoms with E-state index in [1.54, 1.807) is 6.07 Å². The summed E-state index contributed by atoms with van der Waals surface area (Å²) in [7, 11) is 0. The number of aromatic nitrogens is 2. The van der Waals surface area contributed by atoms with E-state index in [0.29, 0.717) is 21.8 Å². The highest BCUT2D eigenvalue weighted by Crippen LogP contribution is 2.31. The molecule has 25 heavy (non-hydrogen) atoms. The van der Waals surface area contributed by atoms with Crippen LogP contribution in [0, 0.1) is 11.6 Å². The number of benzene rings is 1. The predicted molar refractivity (Wildman–Crippen MR) is 95.4 cm³/mol. The third kappa shape index (κ3) is 3.81. The first-order valence-corrected chi connectivity index (χ1v) is 7.94.